The Bertz CT molecular complexity index is 115. The Kier molecular flexibility index (Phi) is 3.40. The zero-order valence-corrected chi connectivity index (χ0v) is 7.29. The van der Waals surface area contributed by atoms with Crippen LogP contribution in [-0.2, 0) is 4.74 Å². The van der Waals surface area contributed by atoms with Crippen LogP contribution in [0.4, 0.5) is 0 Å². The number of alkyl halides is 2. The molecular formula is C6H10Cl2O3. The summed E-state index contributed by atoms with van der Waals surface area (Å²) in [5.41, 5.74) is -2.01. The second kappa shape index (κ2) is 3.92. The molecule has 2 unspecified atom stereocenters. The first-order valence-electron chi connectivity index (χ1n) is 3.41. The van der Waals surface area contributed by atoms with Gasteiger partial charge < -0.3 is 14.9 Å². The number of hydrogen-bond acceptors (Lipinski definition) is 3. The van der Waals surface area contributed by atoms with Crippen molar-refractivity contribution in [2.45, 2.75) is 36.2 Å². The highest BCUT2D eigenvalue weighted by atomic mass is 35.5. The summed E-state index contributed by atoms with van der Waals surface area (Å²) in [6.07, 6.45) is 0.489. The molecule has 2 N–H and O–H groups in total. The first-order chi connectivity index (χ1) is 5.11. The van der Waals surface area contributed by atoms with E-state index in [-0.39, 0.29) is 0 Å². The molecule has 1 heterocycles. The van der Waals surface area contributed by atoms with E-state index in [2.05, 4.69) is 0 Å². The first-order valence-corrected chi connectivity index (χ1v) is 4.28. The van der Waals surface area contributed by atoms with Gasteiger partial charge in [0, 0.05) is 0 Å². The summed E-state index contributed by atoms with van der Waals surface area (Å²) < 4.78 is 5.12. The molecule has 0 aromatic carbocycles. The normalized spacial score (nSPS) is 37.1. The summed E-state index contributed by atoms with van der Waals surface area (Å²) in [5.74, 6) is 0. The highest BCUT2D eigenvalue weighted by molar-refractivity contribution is 6.20. The third kappa shape index (κ3) is 2.46. The van der Waals surface area contributed by atoms with Gasteiger partial charge in [0.05, 0.1) is 12.2 Å². The first kappa shape index (κ1) is 9.55. The Labute approximate surface area is 74.9 Å². The van der Waals surface area contributed by atoms with Crippen LogP contribution in [0.15, 0.2) is 0 Å². The number of aliphatic hydroxyl groups excluding tert-OH is 2. The number of aliphatic hydroxyl groups is 2. The molecule has 0 aromatic heterocycles. The van der Waals surface area contributed by atoms with Crippen LogP contribution in [0.25, 0.3) is 0 Å². The molecule has 0 saturated carbocycles. The minimum Gasteiger partial charge on any atom is -0.375 e. The Morgan fingerprint density at radius 2 is 1.45 bits per heavy atom. The van der Waals surface area contributed by atoms with Crippen molar-refractivity contribution in [2.75, 3.05) is 0 Å². The van der Waals surface area contributed by atoms with Gasteiger partial charge in [0.2, 0.25) is 0 Å². The molecule has 5 heteroatoms. The Hall–Kier alpha value is 0.460. The van der Waals surface area contributed by atoms with Crippen molar-refractivity contribution < 1.29 is 14.9 Å². The van der Waals surface area contributed by atoms with E-state index in [1.807, 2.05) is 0 Å². The molecule has 4 atom stereocenters. The number of ether oxygens (including phenoxy) is 1. The molecule has 11 heavy (non-hydrogen) atoms. The lowest BCUT2D eigenvalue weighted by Gasteiger charge is -2.15. The summed E-state index contributed by atoms with van der Waals surface area (Å²) in [6.45, 7) is 0. The number of halogens is 2. The third-order valence-corrected chi connectivity index (χ3v) is 2.26. The van der Waals surface area contributed by atoms with Crippen LogP contribution in [0.2, 0.25) is 0 Å². The molecule has 66 valence electrons. The molecule has 0 aromatic rings. The number of hydrogen-bond donors (Lipinski definition) is 2. The van der Waals surface area contributed by atoms with E-state index >= 15 is 0 Å². The smallest absolute Gasteiger partial charge is 0.153 e. The SMILES string of the molecule is OC(Cl)[C@@H]1CC[C@@H](C(O)Cl)O1. The van der Waals surface area contributed by atoms with Gasteiger partial charge in [-0.2, -0.15) is 0 Å². The lowest BCUT2D eigenvalue weighted by Crippen LogP contribution is -2.25. The Balaban J connectivity index is 2.35. The Morgan fingerprint density at radius 3 is 1.64 bits per heavy atom. The topological polar surface area (TPSA) is 49.7 Å². The van der Waals surface area contributed by atoms with Crippen LogP contribution >= 0.6 is 23.2 Å². The second-order valence-corrected chi connectivity index (χ2v) is 3.43. The largest absolute Gasteiger partial charge is 0.375 e. The molecule has 1 aliphatic rings. The predicted octanol–water partition coefficient (Wildman–Crippen LogP) is 0.648. The van der Waals surface area contributed by atoms with Gasteiger partial charge in [-0.05, 0) is 12.8 Å². The highest BCUT2D eigenvalue weighted by Gasteiger charge is 2.32. The zero-order valence-electron chi connectivity index (χ0n) is 5.78. The van der Waals surface area contributed by atoms with Crippen LogP contribution in [0.1, 0.15) is 12.8 Å². The van der Waals surface area contributed by atoms with Crippen LogP contribution < -0.4 is 0 Å². The van der Waals surface area contributed by atoms with Crippen molar-refractivity contribution in [3.8, 4) is 0 Å². The summed E-state index contributed by atoms with van der Waals surface area (Å²) >= 11 is 10.7. The van der Waals surface area contributed by atoms with Crippen molar-refractivity contribution in [3.05, 3.63) is 0 Å². The van der Waals surface area contributed by atoms with E-state index in [1.165, 1.54) is 0 Å². The fourth-order valence-corrected chi connectivity index (χ4v) is 1.46. The third-order valence-electron chi connectivity index (χ3n) is 1.70. The molecule has 0 radical (unpaired) electrons. The summed E-state index contributed by atoms with van der Waals surface area (Å²) in [4.78, 5) is 0. The van der Waals surface area contributed by atoms with Gasteiger partial charge in [-0.3, -0.25) is 0 Å². The lowest BCUT2D eigenvalue weighted by atomic mass is 10.2. The van der Waals surface area contributed by atoms with Crippen molar-refractivity contribution in [3.63, 3.8) is 0 Å². The maximum Gasteiger partial charge on any atom is 0.153 e. The summed E-state index contributed by atoms with van der Waals surface area (Å²) in [7, 11) is 0. The zero-order chi connectivity index (χ0) is 8.43. The highest BCUT2D eigenvalue weighted by Crippen LogP contribution is 2.26. The molecular weight excluding hydrogens is 191 g/mol. The standard InChI is InChI=1S/C6H10Cl2O3/c7-5(9)3-1-2-4(11-3)6(8)10/h3-6,9-10H,1-2H2/t3-,4-,5?,6?/m0/s1. The van der Waals surface area contributed by atoms with E-state index in [0.29, 0.717) is 12.8 Å². The van der Waals surface area contributed by atoms with Crippen molar-refractivity contribution >= 4 is 23.2 Å². The van der Waals surface area contributed by atoms with E-state index < -0.39 is 23.3 Å². The molecule has 0 spiro atoms. The molecule has 0 amide bonds. The van der Waals surface area contributed by atoms with Gasteiger partial charge in [-0.25, -0.2) is 0 Å². The van der Waals surface area contributed by atoms with Gasteiger partial charge in [0.15, 0.2) is 11.1 Å². The Morgan fingerprint density at radius 1 is 1.09 bits per heavy atom. The number of rotatable bonds is 2. The van der Waals surface area contributed by atoms with Crippen LogP contribution in [0.3, 0.4) is 0 Å². The van der Waals surface area contributed by atoms with Crippen LogP contribution in [0, 0.1) is 0 Å². The van der Waals surface area contributed by atoms with E-state index in [9.17, 15) is 0 Å². The van der Waals surface area contributed by atoms with Crippen molar-refractivity contribution in [2.24, 2.45) is 0 Å². The molecule has 3 nitrogen and oxygen atoms in total. The molecule has 1 saturated heterocycles. The molecule has 1 aliphatic heterocycles. The molecule has 1 rings (SSSR count). The predicted molar refractivity (Wildman–Crippen MR) is 41.6 cm³/mol. The van der Waals surface area contributed by atoms with Gasteiger partial charge in [0.25, 0.3) is 0 Å². The minimum absolute atomic E-state index is 0.393. The van der Waals surface area contributed by atoms with Crippen molar-refractivity contribution in [1.82, 2.24) is 0 Å². The average Bonchev–Trinajstić information content (AvgIpc) is 2.33. The van der Waals surface area contributed by atoms with Gasteiger partial charge >= 0.3 is 0 Å². The van der Waals surface area contributed by atoms with E-state index in [4.69, 9.17) is 38.2 Å². The second-order valence-electron chi connectivity index (χ2n) is 2.54. The van der Waals surface area contributed by atoms with E-state index in [0.717, 1.165) is 0 Å². The fourth-order valence-electron chi connectivity index (χ4n) is 1.09. The molecule has 0 bridgehead atoms. The summed E-state index contributed by atoms with van der Waals surface area (Å²) in [5, 5.41) is 17.7. The average molecular weight is 201 g/mol. The summed E-state index contributed by atoms with van der Waals surface area (Å²) in [6, 6.07) is 0. The maximum absolute atomic E-state index is 8.87. The quantitative estimate of drug-likeness (QED) is 0.645. The van der Waals surface area contributed by atoms with E-state index in [1.54, 1.807) is 0 Å². The van der Waals surface area contributed by atoms with Gasteiger partial charge in [-0.1, -0.05) is 23.2 Å². The lowest BCUT2D eigenvalue weighted by molar-refractivity contribution is -0.0344. The minimum atomic E-state index is -1.00. The fraction of sp³-hybridized carbons (Fsp3) is 1.00. The maximum atomic E-state index is 8.87. The van der Waals surface area contributed by atoms with Gasteiger partial charge in [-0.15, -0.1) is 0 Å². The van der Waals surface area contributed by atoms with Gasteiger partial charge in [0.1, 0.15) is 0 Å². The molecule has 0 aliphatic carbocycles. The van der Waals surface area contributed by atoms with Crippen LogP contribution in [0.5, 0.6) is 0 Å². The van der Waals surface area contributed by atoms with Crippen LogP contribution in [-0.4, -0.2) is 33.5 Å². The monoisotopic (exact) mass is 200 g/mol. The van der Waals surface area contributed by atoms with Crippen molar-refractivity contribution in [1.29, 1.82) is 0 Å². The molecule has 1 fully saturated rings.